The van der Waals surface area contributed by atoms with E-state index in [2.05, 4.69) is 29.5 Å². The van der Waals surface area contributed by atoms with Crippen LogP contribution in [0.2, 0.25) is 0 Å². The van der Waals surface area contributed by atoms with Crippen molar-refractivity contribution in [3.05, 3.63) is 58.8 Å². The van der Waals surface area contributed by atoms with Crippen molar-refractivity contribution in [3.63, 3.8) is 0 Å². The van der Waals surface area contributed by atoms with E-state index < -0.39 is 0 Å². The first-order valence-corrected chi connectivity index (χ1v) is 5.87. The van der Waals surface area contributed by atoms with E-state index in [4.69, 9.17) is 11.6 Å². The molecule has 0 saturated carbocycles. The molecule has 2 aromatic rings. The first kappa shape index (κ1) is 12.5. The SMILES string of the molecule is Cc1ccc(C(NN)c2c(C)ccnc2N)cc1. The number of benzene rings is 1. The van der Waals surface area contributed by atoms with Gasteiger partial charge < -0.3 is 5.73 Å². The monoisotopic (exact) mass is 242 g/mol. The van der Waals surface area contributed by atoms with Crippen LogP contribution in [-0.2, 0) is 0 Å². The zero-order valence-electron chi connectivity index (χ0n) is 10.6. The quantitative estimate of drug-likeness (QED) is 0.567. The van der Waals surface area contributed by atoms with E-state index in [9.17, 15) is 0 Å². The number of aryl methyl sites for hydroxylation is 2. The number of nitrogens with one attached hydrogen (secondary N) is 1. The van der Waals surface area contributed by atoms with Crippen molar-refractivity contribution in [1.82, 2.24) is 10.4 Å². The fraction of sp³-hybridized carbons (Fsp3) is 0.214. The fourth-order valence-electron chi connectivity index (χ4n) is 2.07. The van der Waals surface area contributed by atoms with Crippen LogP contribution in [0.4, 0.5) is 5.82 Å². The Kier molecular flexibility index (Phi) is 3.60. The van der Waals surface area contributed by atoms with Crippen molar-refractivity contribution < 1.29 is 0 Å². The Labute approximate surface area is 107 Å². The second-order valence-electron chi connectivity index (χ2n) is 4.44. The Bertz CT molecular complexity index is 514. The van der Waals surface area contributed by atoms with Crippen molar-refractivity contribution in [1.29, 1.82) is 0 Å². The lowest BCUT2D eigenvalue weighted by Gasteiger charge is -2.20. The van der Waals surface area contributed by atoms with Crippen LogP contribution in [0.3, 0.4) is 0 Å². The van der Waals surface area contributed by atoms with Crippen molar-refractivity contribution in [2.24, 2.45) is 5.84 Å². The second kappa shape index (κ2) is 5.16. The van der Waals surface area contributed by atoms with Crippen molar-refractivity contribution >= 4 is 5.82 Å². The van der Waals surface area contributed by atoms with E-state index in [0.29, 0.717) is 5.82 Å². The Morgan fingerprint density at radius 1 is 1.11 bits per heavy atom. The van der Waals surface area contributed by atoms with Gasteiger partial charge in [0.2, 0.25) is 0 Å². The van der Waals surface area contributed by atoms with Crippen molar-refractivity contribution in [2.75, 3.05) is 5.73 Å². The smallest absolute Gasteiger partial charge is 0.128 e. The van der Waals surface area contributed by atoms with Gasteiger partial charge in [0.05, 0.1) is 6.04 Å². The van der Waals surface area contributed by atoms with Gasteiger partial charge in [-0.25, -0.2) is 10.4 Å². The number of aromatic nitrogens is 1. The summed E-state index contributed by atoms with van der Waals surface area (Å²) in [4.78, 5) is 4.13. The molecule has 1 heterocycles. The van der Waals surface area contributed by atoms with Crippen LogP contribution in [0.15, 0.2) is 36.5 Å². The Morgan fingerprint density at radius 2 is 1.78 bits per heavy atom. The molecule has 0 aliphatic rings. The summed E-state index contributed by atoms with van der Waals surface area (Å²) in [6.07, 6.45) is 1.71. The van der Waals surface area contributed by atoms with E-state index >= 15 is 0 Å². The van der Waals surface area contributed by atoms with Crippen LogP contribution in [0.1, 0.15) is 28.3 Å². The van der Waals surface area contributed by atoms with Gasteiger partial charge in [-0.05, 0) is 31.0 Å². The van der Waals surface area contributed by atoms with Gasteiger partial charge in [0.25, 0.3) is 0 Å². The number of hydrazine groups is 1. The molecule has 5 N–H and O–H groups in total. The van der Waals surface area contributed by atoms with Crippen molar-refractivity contribution in [3.8, 4) is 0 Å². The molecule has 0 aliphatic heterocycles. The maximum Gasteiger partial charge on any atom is 0.128 e. The van der Waals surface area contributed by atoms with Gasteiger partial charge in [-0.15, -0.1) is 0 Å². The van der Waals surface area contributed by atoms with E-state index in [1.807, 2.05) is 25.1 Å². The minimum absolute atomic E-state index is 0.140. The normalized spacial score (nSPS) is 12.4. The highest BCUT2D eigenvalue weighted by atomic mass is 15.2. The van der Waals surface area contributed by atoms with Gasteiger partial charge in [-0.3, -0.25) is 5.84 Å². The van der Waals surface area contributed by atoms with Gasteiger partial charge in [0.15, 0.2) is 0 Å². The third-order valence-electron chi connectivity index (χ3n) is 3.10. The number of hydrogen-bond donors (Lipinski definition) is 3. The largest absolute Gasteiger partial charge is 0.383 e. The highest BCUT2D eigenvalue weighted by Crippen LogP contribution is 2.27. The molecule has 1 unspecified atom stereocenters. The summed E-state index contributed by atoms with van der Waals surface area (Å²) in [6.45, 7) is 4.06. The molecule has 18 heavy (non-hydrogen) atoms. The molecule has 0 bridgehead atoms. The topological polar surface area (TPSA) is 77.0 Å². The van der Waals surface area contributed by atoms with E-state index in [1.54, 1.807) is 6.20 Å². The lowest BCUT2D eigenvalue weighted by Crippen LogP contribution is -2.30. The maximum atomic E-state index is 5.96. The second-order valence-corrected chi connectivity index (χ2v) is 4.44. The summed E-state index contributed by atoms with van der Waals surface area (Å²) >= 11 is 0. The number of rotatable bonds is 3. The van der Waals surface area contributed by atoms with Gasteiger partial charge in [-0.2, -0.15) is 0 Å². The van der Waals surface area contributed by atoms with Gasteiger partial charge in [-0.1, -0.05) is 29.8 Å². The van der Waals surface area contributed by atoms with Crippen LogP contribution in [0.5, 0.6) is 0 Å². The van der Waals surface area contributed by atoms with E-state index in [1.165, 1.54) is 5.56 Å². The molecule has 1 aromatic carbocycles. The molecule has 94 valence electrons. The number of anilines is 1. The van der Waals surface area contributed by atoms with Crippen LogP contribution < -0.4 is 17.0 Å². The predicted molar refractivity (Wildman–Crippen MR) is 73.7 cm³/mol. The van der Waals surface area contributed by atoms with Crippen molar-refractivity contribution in [2.45, 2.75) is 19.9 Å². The van der Waals surface area contributed by atoms with Crippen LogP contribution in [0, 0.1) is 13.8 Å². The molecule has 1 aromatic heterocycles. The highest BCUT2D eigenvalue weighted by Gasteiger charge is 2.17. The van der Waals surface area contributed by atoms with Crippen LogP contribution >= 0.6 is 0 Å². The molecule has 0 spiro atoms. The molecule has 1 atom stereocenters. The molecule has 0 aliphatic carbocycles. The lowest BCUT2D eigenvalue weighted by molar-refractivity contribution is 0.633. The maximum absolute atomic E-state index is 5.96. The summed E-state index contributed by atoms with van der Waals surface area (Å²) < 4.78 is 0. The molecule has 0 radical (unpaired) electrons. The number of hydrogen-bond acceptors (Lipinski definition) is 4. The lowest BCUT2D eigenvalue weighted by atomic mass is 9.95. The van der Waals surface area contributed by atoms with Gasteiger partial charge in [0, 0.05) is 11.8 Å². The number of pyridine rings is 1. The molecule has 0 fully saturated rings. The summed E-state index contributed by atoms with van der Waals surface area (Å²) in [5.41, 5.74) is 13.1. The average molecular weight is 242 g/mol. The zero-order chi connectivity index (χ0) is 13.1. The summed E-state index contributed by atoms with van der Waals surface area (Å²) in [5.74, 6) is 6.19. The number of nitrogen functional groups attached to an aromatic ring is 1. The Hall–Kier alpha value is -1.91. The number of nitrogens with zero attached hydrogens (tertiary/aromatic N) is 1. The molecular weight excluding hydrogens is 224 g/mol. The molecule has 2 rings (SSSR count). The third kappa shape index (κ3) is 2.34. The molecule has 4 heteroatoms. The number of nitrogens with two attached hydrogens (primary N) is 2. The van der Waals surface area contributed by atoms with E-state index in [-0.39, 0.29) is 6.04 Å². The molecular formula is C14H18N4. The Morgan fingerprint density at radius 3 is 2.33 bits per heavy atom. The summed E-state index contributed by atoms with van der Waals surface area (Å²) in [5, 5.41) is 0. The van der Waals surface area contributed by atoms with E-state index in [0.717, 1.165) is 16.7 Å². The first-order chi connectivity index (χ1) is 8.63. The highest BCUT2D eigenvalue weighted by molar-refractivity contribution is 5.49. The molecule has 0 amide bonds. The average Bonchev–Trinajstić information content (AvgIpc) is 2.35. The predicted octanol–water partition coefficient (Wildman–Crippen LogP) is 1.83. The summed E-state index contributed by atoms with van der Waals surface area (Å²) in [7, 11) is 0. The molecule has 0 saturated heterocycles. The zero-order valence-corrected chi connectivity index (χ0v) is 10.6. The molecule has 4 nitrogen and oxygen atoms in total. The minimum atomic E-state index is -0.140. The standard InChI is InChI=1S/C14H18N4/c1-9-3-5-11(6-4-9)13(18-16)12-10(2)7-8-17-14(12)15/h3-8,13,18H,16H2,1-2H3,(H2,15,17). The van der Waals surface area contributed by atoms with Crippen LogP contribution in [-0.4, -0.2) is 4.98 Å². The summed E-state index contributed by atoms with van der Waals surface area (Å²) in [6, 6.07) is 10.0. The third-order valence-corrected chi connectivity index (χ3v) is 3.10. The fourth-order valence-corrected chi connectivity index (χ4v) is 2.07. The van der Waals surface area contributed by atoms with Gasteiger partial charge in [0.1, 0.15) is 5.82 Å². The Balaban J connectivity index is 2.48. The first-order valence-electron chi connectivity index (χ1n) is 5.87. The van der Waals surface area contributed by atoms with Crippen LogP contribution in [0.25, 0.3) is 0 Å². The minimum Gasteiger partial charge on any atom is -0.383 e. The van der Waals surface area contributed by atoms with Gasteiger partial charge >= 0.3 is 0 Å².